The zero-order valence-electron chi connectivity index (χ0n) is 33.0. The first-order valence-corrected chi connectivity index (χ1v) is 19.6. The number of hydrogen-bond donors (Lipinski definition) is 1. The van der Waals surface area contributed by atoms with E-state index in [1.165, 1.54) is 0 Å². The van der Waals surface area contributed by atoms with Gasteiger partial charge in [0.2, 0.25) is 5.75 Å². The number of aromatic hydroxyl groups is 1. The lowest BCUT2D eigenvalue weighted by molar-refractivity contribution is -0.958. The van der Waals surface area contributed by atoms with E-state index in [1.54, 1.807) is 21.3 Å². The van der Waals surface area contributed by atoms with Crippen molar-refractivity contribution in [1.82, 2.24) is 4.90 Å². The number of carboxylic acid groups (broad SMARTS) is 1. The first-order valence-electron chi connectivity index (χ1n) is 19.6. The molecule has 6 bridgehead atoms. The van der Waals surface area contributed by atoms with Crippen LogP contribution >= 0.6 is 0 Å². The van der Waals surface area contributed by atoms with E-state index < -0.39 is 12.0 Å². The van der Waals surface area contributed by atoms with Gasteiger partial charge in [0.25, 0.3) is 0 Å². The van der Waals surface area contributed by atoms with Crippen LogP contribution in [0.3, 0.4) is 0 Å². The summed E-state index contributed by atoms with van der Waals surface area (Å²) in [6.45, 7) is 3.59. The second-order valence-electron chi connectivity index (χ2n) is 15.5. The Bertz CT molecular complexity index is 2030. The van der Waals surface area contributed by atoms with Crippen molar-refractivity contribution in [3.8, 4) is 46.0 Å². The molecule has 55 heavy (non-hydrogen) atoms. The summed E-state index contributed by atoms with van der Waals surface area (Å²) in [5.74, 6) is 2.42. The average Bonchev–Trinajstić information content (AvgIpc) is 3.18. The van der Waals surface area contributed by atoms with Crippen molar-refractivity contribution in [3.05, 3.63) is 94.0 Å². The molecule has 0 radical (unpaired) electrons. The number of ether oxygens (including phenoxy) is 5. The number of phenols is 1. The van der Waals surface area contributed by atoms with E-state index in [2.05, 4.69) is 38.1 Å². The van der Waals surface area contributed by atoms with Crippen LogP contribution in [0.4, 0.5) is 0 Å². The minimum atomic E-state index is -1.02. The van der Waals surface area contributed by atoms with E-state index in [-0.39, 0.29) is 17.8 Å². The van der Waals surface area contributed by atoms with Crippen LogP contribution in [0.2, 0.25) is 0 Å². The monoisotopic (exact) mass is 750 g/mol. The van der Waals surface area contributed by atoms with Crippen molar-refractivity contribution in [2.24, 2.45) is 0 Å². The number of hydrogen-bond acceptors (Lipinski definition) is 9. The third kappa shape index (κ3) is 7.42. The van der Waals surface area contributed by atoms with Gasteiger partial charge in [0.1, 0.15) is 17.8 Å². The summed E-state index contributed by atoms with van der Waals surface area (Å²) in [7, 11) is 8.97. The van der Waals surface area contributed by atoms with Crippen LogP contribution < -0.4 is 28.8 Å². The van der Waals surface area contributed by atoms with Gasteiger partial charge in [-0.15, -0.1) is 0 Å². The highest BCUT2D eigenvalue weighted by Crippen LogP contribution is 2.52. The Morgan fingerprint density at radius 1 is 0.873 bits per heavy atom. The summed E-state index contributed by atoms with van der Waals surface area (Å²) in [5, 5.41) is 25.0. The molecule has 4 aliphatic heterocycles. The zero-order valence-corrected chi connectivity index (χ0v) is 33.0. The summed E-state index contributed by atoms with van der Waals surface area (Å²) < 4.78 is 31.1. The van der Waals surface area contributed by atoms with Gasteiger partial charge >= 0.3 is 0 Å². The molecule has 292 valence electrons. The quantitative estimate of drug-likeness (QED) is 0.131. The highest BCUT2D eigenvalue weighted by atomic mass is 16.5. The van der Waals surface area contributed by atoms with Gasteiger partial charge in [-0.1, -0.05) is 44.4 Å². The lowest BCUT2D eigenvalue weighted by Gasteiger charge is -2.51. The van der Waals surface area contributed by atoms with Crippen molar-refractivity contribution in [1.29, 1.82) is 0 Å². The van der Waals surface area contributed by atoms with Gasteiger partial charge in [0, 0.05) is 43.0 Å². The summed E-state index contributed by atoms with van der Waals surface area (Å²) in [5.41, 5.74) is 6.07. The van der Waals surface area contributed by atoms with E-state index >= 15 is 0 Å². The molecular formula is C45H54N2O8. The smallest absolute Gasteiger partial charge is 0.201 e. The summed E-state index contributed by atoms with van der Waals surface area (Å²) >= 11 is 0. The fourth-order valence-electron chi connectivity index (χ4n) is 9.08. The second kappa shape index (κ2) is 16.0. The molecule has 10 heteroatoms. The van der Waals surface area contributed by atoms with E-state index in [1.807, 2.05) is 48.5 Å². The maximum Gasteiger partial charge on any atom is 0.201 e. The number of carbonyl (C=O) groups is 1. The molecule has 0 saturated heterocycles. The highest BCUT2D eigenvalue weighted by molar-refractivity contribution is 5.70. The summed E-state index contributed by atoms with van der Waals surface area (Å²) in [6.07, 6.45) is 7.06. The Balaban J connectivity index is 1.44. The number of carboxylic acids is 1. The third-order valence-corrected chi connectivity index (χ3v) is 12.3. The van der Waals surface area contributed by atoms with Crippen LogP contribution in [0.25, 0.3) is 0 Å². The van der Waals surface area contributed by atoms with E-state index in [4.69, 9.17) is 23.7 Å². The Labute approximate surface area is 324 Å². The Hall–Kier alpha value is -4.93. The summed E-state index contributed by atoms with van der Waals surface area (Å²) in [4.78, 5) is 15.4. The summed E-state index contributed by atoms with van der Waals surface area (Å²) in [6, 6.07) is 18.9. The zero-order chi connectivity index (χ0) is 38.9. The minimum absolute atomic E-state index is 0.0877. The van der Waals surface area contributed by atoms with Gasteiger partial charge in [0.05, 0.1) is 40.9 Å². The predicted molar refractivity (Wildman–Crippen MR) is 209 cm³/mol. The van der Waals surface area contributed by atoms with Gasteiger partial charge in [-0.05, 0) is 91.0 Å². The number of fused-ring (bicyclic) bond motifs is 2. The van der Waals surface area contributed by atoms with Crippen molar-refractivity contribution < 1.29 is 43.2 Å². The SMILES string of the molecule is CCCCCCC(C(=O)[O-])[N+]1(C)CCc2cc(OC)c3cc2C1Cc1ccc(cc1)Oc1cc(ccc1OC)CC1c2c(cc(OC)c(O)c2O3)CCN1C. The number of nitrogens with zero attached hydrogens (tertiary/aromatic N) is 2. The van der Waals surface area contributed by atoms with Crippen molar-refractivity contribution in [3.63, 3.8) is 0 Å². The lowest BCUT2D eigenvalue weighted by atomic mass is 9.84. The highest BCUT2D eigenvalue weighted by Gasteiger charge is 2.46. The molecule has 8 rings (SSSR count). The normalized spacial score (nSPS) is 20.9. The molecule has 0 aliphatic carbocycles. The number of rotatable bonds is 10. The molecule has 4 aromatic carbocycles. The molecule has 0 saturated carbocycles. The fraction of sp³-hybridized carbons (Fsp3) is 0.444. The van der Waals surface area contributed by atoms with Crippen molar-refractivity contribution in [2.75, 3.05) is 48.5 Å². The van der Waals surface area contributed by atoms with Gasteiger partial charge in [-0.2, -0.15) is 0 Å². The van der Waals surface area contributed by atoms with E-state index in [0.717, 1.165) is 72.0 Å². The predicted octanol–water partition coefficient (Wildman–Crippen LogP) is 7.46. The number of likely N-dealkylation sites (N-methyl/N-ethyl adjacent to an activating group) is 2. The topological polar surface area (TPSA) is 110 Å². The molecule has 0 amide bonds. The Morgan fingerprint density at radius 2 is 1.58 bits per heavy atom. The number of benzene rings is 4. The van der Waals surface area contributed by atoms with Crippen LogP contribution in [-0.4, -0.2) is 75.0 Å². The molecular weight excluding hydrogens is 697 g/mol. The lowest BCUT2D eigenvalue weighted by Crippen LogP contribution is -2.63. The molecule has 0 fully saturated rings. The maximum atomic E-state index is 13.1. The number of quaternary nitrogens is 1. The number of carbonyl (C=O) groups excluding carboxylic acids is 1. The van der Waals surface area contributed by atoms with Gasteiger partial charge in [0.15, 0.2) is 34.5 Å². The molecule has 0 aromatic heterocycles. The van der Waals surface area contributed by atoms with Gasteiger partial charge in [-0.25, -0.2) is 0 Å². The molecule has 4 aromatic rings. The average molecular weight is 751 g/mol. The molecule has 4 atom stereocenters. The minimum Gasteiger partial charge on any atom is -0.544 e. The first kappa shape index (κ1) is 38.3. The molecule has 10 nitrogen and oxygen atoms in total. The third-order valence-electron chi connectivity index (χ3n) is 12.3. The molecule has 0 spiro atoms. The Morgan fingerprint density at radius 3 is 2.29 bits per heavy atom. The Kier molecular flexibility index (Phi) is 11.2. The molecule has 4 heterocycles. The maximum absolute atomic E-state index is 13.1. The number of phenolic OH excluding ortho intramolecular Hbond substituents is 1. The van der Waals surface area contributed by atoms with Gasteiger partial charge in [-0.3, -0.25) is 4.90 Å². The largest absolute Gasteiger partial charge is 0.544 e. The first-order chi connectivity index (χ1) is 26.6. The molecule has 4 unspecified atom stereocenters. The number of methoxy groups -OCH3 is 3. The fourth-order valence-corrected chi connectivity index (χ4v) is 9.08. The van der Waals surface area contributed by atoms with Crippen molar-refractivity contribution in [2.45, 2.75) is 82.8 Å². The molecule has 4 aliphatic rings. The van der Waals surface area contributed by atoms with E-state index in [0.29, 0.717) is 77.0 Å². The van der Waals surface area contributed by atoms with Gasteiger partial charge < -0.3 is 43.2 Å². The standard InChI is InChI=1S/C45H54N2O8/c1-7-8-9-10-11-35(45(49)50)47(3)21-19-30-25-38(52-5)40-27-33(30)36(47)23-28-12-15-32(16-13-28)54-39-24-29(14-17-37(39)51-4)22-34-42-31(18-20-46(34)2)26-41(53-6)43(48)44(42)55-40/h12-17,24-27,34-36H,7-11,18-23H2,1-6H3,(H-,48,49,50). The van der Waals surface area contributed by atoms with Crippen LogP contribution in [0, 0.1) is 0 Å². The van der Waals surface area contributed by atoms with E-state index in [9.17, 15) is 15.0 Å². The number of aliphatic carboxylic acids is 1. The molecule has 1 N–H and O–H groups in total. The van der Waals surface area contributed by atoms with Crippen LogP contribution in [0.5, 0.6) is 46.0 Å². The van der Waals surface area contributed by atoms with Crippen molar-refractivity contribution >= 4 is 5.97 Å². The number of unbranched alkanes of at least 4 members (excludes halogenated alkanes) is 3. The van der Waals surface area contributed by atoms with Crippen LogP contribution in [0.1, 0.15) is 84.5 Å². The van der Waals surface area contributed by atoms with Crippen LogP contribution in [-0.2, 0) is 30.5 Å². The van der Waals surface area contributed by atoms with Crippen LogP contribution in [0.15, 0.2) is 60.7 Å². The second-order valence-corrected chi connectivity index (χ2v) is 15.5.